The molecule has 14 heteroatoms. The molecule has 0 fully saturated rings. The zero-order valence-corrected chi connectivity index (χ0v) is 63.6. The molecule has 0 heterocycles. The standard InChI is InChI=1S/C81H159N9O5/c1-6-11-16-21-26-31-36-41-46-51-61-83-77(91)56-68-88(69-57-78(92)84-62-52-47-42-37-32-27-22-17-12-7-2)73-66-82-67-74-90(72-60-81(95)87-65-55-50-45-40-35-30-25-20-15-10-5)76-75-89(70-58-79(93)85-63-53-48-43-38-33-28-23-18-13-8-3)71-59-80(94)86-64-54-49-44-39-34-29-24-19-14-9-4/h21,26,66H,6-20,22-25,27-65,67-76H2,1-5H3,(H,83,91)(H,84,92)(H,85,93)(H,86,94)(H,87,95)/b26-21+,82-66?. The fourth-order valence-corrected chi connectivity index (χ4v) is 12.3. The maximum atomic E-state index is 13.4. The number of hydrogen-bond acceptors (Lipinski definition) is 9. The van der Waals surface area contributed by atoms with Crippen molar-refractivity contribution in [2.75, 3.05) is 98.2 Å². The number of amides is 5. The Morgan fingerprint density at radius 1 is 0.253 bits per heavy atom. The summed E-state index contributed by atoms with van der Waals surface area (Å²) >= 11 is 0. The average Bonchev–Trinajstić information content (AvgIpc) is 3.51. The summed E-state index contributed by atoms with van der Waals surface area (Å²) in [5.74, 6) is 0.282. The van der Waals surface area contributed by atoms with Gasteiger partial charge in [0.25, 0.3) is 0 Å². The quantitative estimate of drug-likeness (QED) is 0.0228. The molecule has 0 aromatic rings. The van der Waals surface area contributed by atoms with Crippen LogP contribution in [0.25, 0.3) is 0 Å². The van der Waals surface area contributed by atoms with Crippen LogP contribution < -0.4 is 26.6 Å². The minimum absolute atomic E-state index is 0.0448. The molecule has 0 saturated heterocycles. The topological polar surface area (TPSA) is 168 Å². The first kappa shape index (κ1) is 91.6. The third-order valence-electron chi connectivity index (χ3n) is 18.9. The highest BCUT2D eigenvalue weighted by Crippen LogP contribution is 2.15. The molecule has 0 unspecified atom stereocenters. The SMILES string of the molecule is CCCC/C=C/CCCCCCNC(=O)CCN(CC=NCCN(CCC(=O)NCCCCCCCCCCCC)CCN(CCC(=O)NCCCCCCCCCCCC)CCC(=O)NCCCCCCCCCCCC)CCC(=O)NCCCCCCCCCCCC. The molecule has 558 valence electrons. The Bertz CT molecular complexity index is 1690. The second kappa shape index (κ2) is 76.4. The molecule has 5 N–H and O–H groups in total. The van der Waals surface area contributed by atoms with Crippen molar-refractivity contribution in [2.45, 2.75) is 375 Å². The largest absolute Gasteiger partial charge is 0.356 e. The van der Waals surface area contributed by atoms with Crippen molar-refractivity contribution in [1.82, 2.24) is 41.3 Å². The van der Waals surface area contributed by atoms with Crippen molar-refractivity contribution >= 4 is 35.8 Å². The fraction of sp³-hybridized carbons (Fsp3) is 0.901. The third kappa shape index (κ3) is 71.7. The molecule has 0 aliphatic carbocycles. The molecule has 0 aromatic heterocycles. The van der Waals surface area contributed by atoms with Crippen LogP contribution in [-0.2, 0) is 24.0 Å². The highest BCUT2D eigenvalue weighted by atomic mass is 16.2. The van der Waals surface area contributed by atoms with Gasteiger partial charge in [0.1, 0.15) is 0 Å². The normalized spacial score (nSPS) is 11.7. The lowest BCUT2D eigenvalue weighted by Crippen LogP contribution is -2.41. The molecule has 0 radical (unpaired) electrons. The van der Waals surface area contributed by atoms with Gasteiger partial charge in [0.2, 0.25) is 29.5 Å². The van der Waals surface area contributed by atoms with Gasteiger partial charge in [0.05, 0.1) is 6.54 Å². The van der Waals surface area contributed by atoms with Crippen molar-refractivity contribution in [2.24, 2.45) is 4.99 Å². The van der Waals surface area contributed by atoms with Crippen LogP contribution in [0.15, 0.2) is 17.1 Å². The Balaban J connectivity index is 5.94. The Kier molecular flexibility index (Phi) is 73.7. The lowest BCUT2D eigenvalue weighted by Gasteiger charge is -2.27. The summed E-state index contributed by atoms with van der Waals surface area (Å²) in [6.07, 6.45) is 68.1. The number of nitrogens with zero attached hydrogens (tertiary/aromatic N) is 4. The molecule has 0 aliphatic rings. The number of hydrogen-bond donors (Lipinski definition) is 5. The highest BCUT2D eigenvalue weighted by molar-refractivity contribution is 5.78. The van der Waals surface area contributed by atoms with E-state index < -0.39 is 0 Å². The zero-order valence-electron chi connectivity index (χ0n) is 63.6. The van der Waals surface area contributed by atoms with Gasteiger partial charge in [-0.1, -0.05) is 304 Å². The summed E-state index contributed by atoms with van der Waals surface area (Å²) in [4.78, 5) is 78.0. The number of unbranched alkanes of at least 4 members (excludes halogenated alkanes) is 42. The van der Waals surface area contributed by atoms with E-state index in [0.29, 0.717) is 130 Å². The first-order valence-corrected chi connectivity index (χ1v) is 41.3. The monoisotopic (exact) mass is 1340 g/mol. The summed E-state index contributed by atoms with van der Waals surface area (Å²) in [5.41, 5.74) is 0. The average molecular weight is 1340 g/mol. The molecule has 0 rings (SSSR count). The van der Waals surface area contributed by atoms with Gasteiger partial charge in [0.15, 0.2) is 0 Å². The van der Waals surface area contributed by atoms with Crippen LogP contribution in [0.3, 0.4) is 0 Å². The maximum Gasteiger partial charge on any atom is 0.221 e. The van der Waals surface area contributed by atoms with Gasteiger partial charge < -0.3 is 31.5 Å². The fourth-order valence-electron chi connectivity index (χ4n) is 12.3. The molecule has 0 saturated carbocycles. The smallest absolute Gasteiger partial charge is 0.221 e. The lowest BCUT2D eigenvalue weighted by molar-refractivity contribution is -0.123. The molecular weight excluding hydrogens is 1180 g/mol. The molecule has 95 heavy (non-hydrogen) atoms. The predicted molar refractivity (Wildman–Crippen MR) is 410 cm³/mol. The van der Waals surface area contributed by atoms with Gasteiger partial charge in [0, 0.05) is 130 Å². The van der Waals surface area contributed by atoms with Gasteiger partial charge in [-0.3, -0.25) is 38.8 Å². The number of nitrogens with one attached hydrogen (secondary N) is 5. The van der Waals surface area contributed by atoms with E-state index in [2.05, 4.69) is 88.1 Å². The summed E-state index contributed by atoms with van der Waals surface area (Å²) in [6.45, 7) is 20.6. The van der Waals surface area contributed by atoms with Crippen LogP contribution in [-0.4, -0.2) is 149 Å². The molecule has 0 bridgehead atoms. The number of allylic oxidation sites excluding steroid dienone is 2. The van der Waals surface area contributed by atoms with Crippen LogP contribution in [0.1, 0.15) is 375 Å². The predicted octanol–water partition coefficient (Wildman–Crippen LogP) is 18.9. The van der Waals surface area contributed by atoms with E-state index in [1.807, 2.05) is 6.21 Å². The Morgan fingerprint density at radius 2 is 0.474 bits per heavy atom. The Labute approximate surface area is 588 Å². The molecule has 14 nitrogen and oxygen atoms in total. The zero-order chi connectivity index (χ0) is 69.1. The van der Waals surface area contributed by atoms with E-state index in [1.165, 1.54) is 238 Å². The van der Waals surface area contributed by atoms with Gasteiger partial charge in [-0.05, 0) is 51.4 Å². The van der Waals surface area contributed by atoms with Crippen LogP contribution in [0.5, 0.6) is 0 Å². The van der Waals surface area contributed by atoms with Crippen molar-refractivity contribution in [3.63, 3.8) is 0 Å². The molecule has 0 spiro atoms. The number of carbonyl (C=O) groups excluding carboxylic acids is 5. The number of rotatable bonds is 77. The van der Waals surface area contributed by atoms with E-state index in [4.69, 9.17) is 4.99 Å². The Hall–Kier alpha value is -3.36. The van der Waals surface area contributed by atoms with E-state index in [9.17, 15) is 24.0 Å². The van der Waals surface area contributed by atoms with Crippen LogP contribution in [0, 0.1) is 0 Å². The van der Waals surface area contributed by atoms with Crippen molar-refractivity contribution in [1.29, 1.82) is 0 Å². The molecule has 0 aromatic carbocycles. The van der Waals surface area contributed by atoms with E-state index >= 15 is 0 Å². The van der Waals surface area contributed by atoms with Crippen molar-refractivity contribution in [3.8, 4) is 0 Å². The second-order valence-corrected chi connectivity index (χ2v) is 28.1. The van der Waals surface area contributed by atoms with Gasteiger partial charge in [-0.25, -0.2) is 0 Å². The highest BCUT2D eigenvalue weighted by Gasteiger charge is 2.16. The maximum absolute atomic E-state index is 13.4. The minimum atomic E-state index is 0.0448. The number of aliphatic imine (C=N–C) groups is 1. The van der Waals surface area contributed by atoms with Crippen LogP contribution in [0.2, 0.25) is 0 Å². The van der Waals surface area contributed by atoms with Gasteiger partial charge >= 0.3 is 0 Å². The van der Waals surface area contributed by atoms with Crippen molar-refractivity contribution < 1.29 is 24.0 Å². The molecular formula is C81H159N9O5. The van der Waals surface area contributed by atoms with Crippen LogP contribution >= 0.6 is 0 Å². The lowest BCUT2D eigenvalue weighted by atomic mass is 10.1. The summed E-state index contributed by atoms with van der Waals surface area (Å²) in [7, 11) is 0. The summed E-state index contributed by atoms with van der Waals surface area (Å²) < 4.78 is 0. The second-order valence-electron chi connectivity index (χ2n) is 28.1. The summed E-state index contributed by atoms with van der Waals surface area (Å²) in [6, 6.07) is 0. The first-order valence-electron chi connectivity index (χ1n) is 41.3. The first-order chi connectivity index (χ1) is 46.7. The minimum Gasteiger partial charge on any atom is -0.356 e. The van der Waals surface area contributed by atoms with Crippen molar-refractivity contribution in [3.05, 3.63) is 12.2 Å². The number of carbonyl (C=O) groups is 5. The molecule has 5 amide bonds. The molecule has 0 aliphatic heterocycles. The van der Waals surface area contributed by atoms with E-state index in [1.54, 1.807) is 0 Å². The Morgan fingerprint density at radius 3 is 0.747 bits per heavy atom. The van der Waals surface area contributed by atoms with Gasteiger partial charge in [-0.2, -0.15) is 0 Å². The third-order valence-corrected chi connectivity index (χ3v) is 18.9. The van der Waals surface area contributed by atoms with E-state index in [0.717, 1.165) is 70.6 Å². The van der Waals surface area contributed by atoms with Crippen LogP contribution in [0.4, 0.5) is 0 Å². The van der Waals surface area contributed by atoms with Gasteiger partial charge in [-0.15, -0.1) is 0 Å². The molecule has 0 atom stereocenters. The summed E-state index contributed by atoms with van der Waals surface area (Å²) in [5, 5.41) is 15.9. The van der Waals surface area contributed by atoms with E-state index in [-0.39, 0.29) is 29.5 Å².